The average Bonchev–Trinajstić information content (AvgIpc) is 3.30. The Labute approximate surface area is 210 Å². The largest absolute Gasteiger partial charge is 0.274 e. The van der Waals surface area contributed by atoms with Crippen LogP contribution in [-0.2, 0) is 9.59 Å². The second-order valence-electron chi connectivity index (χ2n) is 8.82. The van der Waals surface area contributed by atoms with Gasteiger partial charge in [-0.05, 0) is 55.7 Å². The van der Waals surface area contributed by atoms with Crippen molar-refractivity contribution in [2.75, 3.05) is 6.54 Å². The third-order valence-electron chi connectivity index (χ3n) is 6.32. The van der Waals surface area contributed by atoms with Gasteiger partial charge in [0.15, 0.2) is 0 Å². The summed E-state index contributed by atoms with van der Waals surface area (Å²) < 4.78 is 16.1. The van der Waals surface area contributed by atoms with E-state index in [0.717, 1.165) is 23.4 Å². The summed E-state index contributed by atoms with van der Waals surface area (Å²) in [6.45, 7) is 5.58. The van der Waals surface area contributed by atoms with E-state index in [1.807, 2.05) is 43.3 Å². The Hall–Kier alpha value is -4.31. The maximum atomic E-state index is 14.5. The van der Waals surface area contributed by atoms with Crippen molar-refractivity contribution < 1.29 is 14.0 Å². The number of hydrogen-bond donors (Lipinski definition) is 0. The Kier molecular flexibility index (Phi) is 7.25. The molecule has 7 heteroatoms. The van der Waals surface area contributed by atoms with Gasteiger partial charge in [-0.15, -0.1) is 0 Å². The van der Waals surface area contributed by atoms with E-state index in [-0.39, 0.29) is 23.5 Å². The fourth-order valence-electron chi connectivity index (χ4n) is 4.18. The van der Waals surface area contributed by atoms with Crippen molar-refractivity contribution in [1.29, 1.82) is 5.26 Å². The topological polar surface area (TPSA) is 79.0 Å². The van der Waals surface area contributed by atoms with E-state index in [1.165, 1.54) is 6.07 Å². The van der Waals surface area contributed by atoms with E-state index in [9.17, 15) is 19.2 Å². The Balaban J connectivity index is 1.88. The molecule has 0 unspecified atom stereocenters. The van der Waals surface area contributed by atoms with E-state index in [0.29, 0.717) is 34.4 Å². The Morgan fingerprint density at radius 1 is 1.06 bits per heavy atom. The third-order valence-corrected chi connectivity index (χ3v) is 6.32. The van der Waals surface area contributed by atoms with Crippen LogP contribution in [-0.4, -0.2) is 33.0 Å². The molecule has 6 nitrogen and oxygen atoms in total. The third kappa shape index (κ3) is 4.76. The average molecular weight is 483 g/mol. The SMILES string of the molecule is CCCCCN1C(=O)C(C#N)=C(C)/C(=C\c2cn(-c3ccccc3)nc2-c2ccc(C)c(F)c2)C1=O. The van der Waals surface area contributed by atoms with Crippen LogP contribution >= 0.6 is 0 Å². The van der Waals surface area contributed by atoms with Gasteiger partial charge in [-0.3, -0.25) is 14.5 Å². The Morgan fingerprint density at radius 3 is 2.47 bits per heavy atom. The molecule has 0 bridgehead atoms. The molecule has 1 aliphatic rings. The zero-order valence-corrected chi connectivity index (χ0v) is 20.6. The molecule has 0 saturated heterocycles. The van der Waals surface area contributed by atoms with Gasteiger partial charge in [-0.1, -0.05) is 50.1 Å². The summed E-state index contributed by atoms with van der Waals surface area (Å²) in [5, 5.41) is 14.4. The molecule has 1 aromatic heterocycles. The standard InChI is InChI=1S/C29H27FN4O2/c1-4-5-9-14-33-28(35)24(20(3)25(17-31)29(33)36)15-22-18-34(23-10-7-6-8-11-23)32-27(22)21-13-12-19(2)26(30)16-21/h6-8,10-13,15-16,18H,4-5,9,14H2,1-3H3/b24-15+. The van der Waals surface area contributed by atoms with Crippen LogP contribution in [0.1, 0.15) is 44.2 Å². The van der Waals surface area contributed by atoms with Crippen LogP contribution in [0.3, 0.4) is 0 Å². The number of unbranched alkanes of at least 4 members (excludes halogenated alkanes) is 2. The van der Waals surface area contributed by atoms with Crippen LogP contribution in [0, 0.1) is 24.1 Å². The van der Waals surface area contributed by atoms with Crippen LogP contribution in [0.25, 0.3) is 23.0 Å². The minimum absolute atomic E-state index is 0.0456. The quantitative estimate of drug-likeness (QED) is 0.243. The molecule has 2 heterocycles. The highest BCUT2D eigenvalue weighted by Gasteiger charge is 2.35. The molecule has 0 fully saturated rings. The highest BCUT2D eigenvalue weighted by molar-refractivity contribution is 6.19. The van der Waals surface area contributed by atoms with E-state index in [4.69, 9.17) is 5.10 Å². The molecule has 36 heavy (non-hydrogen) atoms. The van der Waals surface area contributed by atoms with Crippen LogP contribution in [0.2, 0.25) is 0 Å². The van der Waals surface area contributed by atoms with Crippen LogP contribution in [0.4, 0.5) is 4.39 Å². The van der Waals surface area contributed by atoms with Gasteiger partial charge >= 0.3 is 0 Å². The molecule has 3 aromatic rings. The van der Waals surface area contributed by atoms with E-state index < -0.39 is 11.8 Å². The summed E-state index contributed by atoms with van der Waals surface area (Å²) in [4.78, 5) is 27.4. The number of hydrogen-bond acceptors (Lipinski definition) is 4. The molecule has 0 aliphatic carbocycles. The van der Waals surface area contributed by atoms with Crippen molar-refractivity contribution >= 4 is 17.9 Å². The first-order valence-electron chi connectivity index (χ1n) is 12.0. The summed E-state index contributed by atoms with van der Waals surface area (Å²) in [6, 6.07) is 16.3. The monoisotopic (exact) mass is 482 g/mol. The maximum absolute atomic E-state index is 14.5. The maximum Gasteiger partial charge on any atom is 0.271 e. The first-order chi connectivity index (χ1) is 17.3. The molecule has 0 spiro atoms. The highest BCUT2D eigenvalue weighted by Crippen LogP contribution is 2.32. The molecule has 1 aliphatic heterocycles. The fourth-order valence-corrected chi connectivity index (χ4v) is 4.18. The lowest BCUT2D eigenvalue weighted by Crippen LogP contribution is -2.43. The van der Waals surface area contributed by atoms with Crippen molar-refractivity contribution in [3.63, 3.8) is 0 Å². The zero-order chi connectivity index (χ0) is 25.8. The van der Waals surface area contributed by atoms with Crippen molar-refractivity contribution in [2.24, 2.45) is 0 Å². The minimum Gasteiger partial charge on any atom is -0.274 e. The molecule has 0 radical (unpaired) electrons. The number of halogens is 1. The predicted octanol–water partition coefficient (Wildman–Crippen LogP) is 5.77. The molecular formula is C29H27FN4O2. The first kappa shape index (κ1) is 24.8. The second-order valence-corrected chi connectivity index (χ2v) is 8.82. The number of carbonyl (C=O) groups excluding carboxylic acids is 2. The van der Waals surface area contributed by atoms with Crippen molar-refractivity contribution in [3.05, 3.63) is 88.4 Å². The molecule has 2 amide bonds. The van der Waals surface area contributed by atoms with Crippen molar-refractivity contribution in [2.45, 2.75) is 40.0 Å². The number of para-hydroxylation sites is 1. The van der Waals surface area contributed by atoms with Crippen molar-refractivity contribution in [3.8, 4) is 23.0 Å². The number of imide groups is 1. The van der Waals surface area contributed by atoms with Gasteiger partial charge in [0.2, 0.25) is 0 Å². The van der Waals surface area contributed by atoms with Crippen LogP contribution in [0.15, 0.2) is 71.4 Å². The van der Waals surface area contributed by atoms with E-state index in [2.05, 4.69) is 0 Å². The molecule has 182 valence electrons. The molecular weight excluding hydrogens is 455 g/mol. The number of rotatable bonds is 7. The number of aryl methyl sites for hydroxylation is 1. The fraction of sp³-hybridized carbons (Fsp3) is 0.241. The van der Waals surface area contributed by atoms with E-state index >= 15 is 0 Å². The predicted molar refractivity (Wildman–Crippen MR) is 136 cm³/mol. The normalized spacial score (nSPS) is 15.1. The lowest BCUT2D eigenvalue weighted by Gasteiger charge is -2.27. The van der Waals surface area contributed by atoms with Crippen LogP contribution < -0.4 is 0 Å². The van der Waals surface area contributed by atoms with Gasteiger partial charge in [0.25, 0.3) is 11.8 Å². The Bertz CT molecular complexity index is 1430. The minimum atomic E-state index is -0.561. The Morgan fingerprint density at radius 2 is 1.81 bits per heavy atom. The number of benzene rings is 2. The molecule has 0 saturated carbocycles. The second kappa shape index (κ2) is 10.5. The van der Waals surface area contributed by atoms with Gasteiger partial charge in [-0.2, -0.15) is 10.4 Å². The van der Waals surface area contributed by atoms with Crippen LogP contribution in [0.5, 0.6) is 0 Å². The molecule has 0 N–H and O–H groups in total. The lowest BCUT2D eigenvalue weighted by atomic mass is 9.93. The summed E-state index contributed by atoms with van der Waals surface area (Å²) in [6.07, 6.45) is 5.88. The number of amides is 2. The summed E-state index contributed by atoms with van der Waals surface area (Å²) in [5.74, 6) is -1.36. The number of nitriles is 1. The van der Waals surface area contributed by atoms with E-state index in [1.54, 1.807) is 42.9 Å². The summed E-state index contributed by atoms with van der Waals surface area (Å²) >= 11 is 0. The number of carbonyl (C=O) groups is 2. The highest BCUT2D eigenvalue weighted by atomic mass is 19.1. The van der Waals surface area contributed by atoms with Gasteiger partial charge in [0.1, 0.15) is 23.2 Å². The molecule has 4 rings (SSSR count). The van der Waals surface area contributed by atoms with Crippen molar-refractivity contribution in [1.82, 2.24) is 14.7 Å². The smallest absolute Gasteiger partial charge is 0.271 e. The first-order valence-corrected chi connectivity index (χ1v) is 12.0. The zero-order valence-electron chi connectivity index (χ0n) is 20.6. The van der Waals surface area contributed by atoms with Gasteiger partial charge in [0, 0.05) is 29.4 Å². The van der Waals surface area contributed by atoms with Gasteiger partial charge in [-0.25, -0.2) is 9.07 Å². The number of aromatic nitrogens is 2. The number of nitrogens with zero attached hydrogens (tertiary/aromatic N) is 4. The lowest BCUT2D eigenvalue weighted by molar-refractivity contribution is -0.140. The van der Waals surface area contributed by atoms with Gasteiger partial charge < -0.3 is 0 Å². The summed E-state index contributed by atoms with van der Waals surface area (Å²) in [5.41, 5.74) is 3.46. The molecule has 0 atom stereocenters. The summed E-state index contributed by atoms with van der Waals surface area (Å²) in [7, 11) is 0. The molecule has 2 aromatic carbocycles. The van der Waals surface area contributed by atoms with Gasteiger partial charge in [0.05, 0.1) is 5.69 Å².